The fraction of sp³-hybridized carbons (Fsp3) is 0.120. The van der Waals surface area contributed by atoms with Crippen LogP contribution in [-0.2, 0) is 5.60 Å². The maximum Gasteiger partial charge on any atom is 0.345 e. The predicted octanol–water partition coefficient (Wildman–Crippen LogP) is 4.23. The van der Waals surface area contributed by atoms with E-state index in [9.17, 15) is 9.90 Å². The summed E-state index contributed by atoms with van der Waals surface area (Å²) in [6, 6.07) is 24.2. The van der Waals surface area contributed by atoms with E-state index in [1.807, 2.05) is 85.7 Å². The molecule has 1 N–H and O–H groups in total. The van der Waals surface area contributed by atoms with E-state index in [-0.39, 0.29) is 5.56 Å². The van der Waals surface area contributed by atoms with Crippen LogP contribution in [0, 0.1) is 0 Å². The Labute approximate surface area is 173 Å². The molecule has 1 atom stereocenters. The Balaban J connectivity index is 1.86. The van der Waals surface area contributed by atoms with Crippen molar-refractivity contribution in [2.45, 2.75) is 5.60 Å². The summed E-state index contributed by atoms with van der Waals surface area (Å²) in [5.74, 6) is 0. The number of fused-ring (bicyclic) bond motifs is 3. The number of aliphatic imine (C=N–C) groups is 1. The van der Waals surface area contributed by atoms with E-state index in [0.717, 1.165) is 11.3 Å². The molecule has 30 heavy (non-hydrogen) atoms. The van der Waals surface area contributed by atoms with E-state index in [4.69, 9.17) is 9.41 Å². The van der Waals surface area contributed by atoms with Gasteiger partial charge < -0.3 is 14.4 Å². The maximum atomic E-state index is 13.2. The molecule has 0 radical (unpaired) electrons. The quantitative estimate of drug-likeness (QED) is 0.527. The van der Waals surface area contributed by atoms with Gasteiger partial charge in [0.2, 0.25) is 0 Å². The van der Waals surface area contributed by atoms with E-state index in [1.165, 1.54) is 0 Å². The van der Waals surface area contributed by atoms with E-state index in [0.29, 0.717) is 27.9 Å². The van der Waals surface area contributed by atoms with Crippen molar-refractivity contribution in [3.8, 4) is 0 Å². The molecule has 0 spiro atoms. The molecule has 0 amide bonds. The number of hydrogen-bond acceptors (Lipinski definition) is 5. The Morgan fingerprint density at radius 1 is 0.933 bits per heavy atom. The predicted molar refractivity (Wildman–Crippen MR) is 119 cm³/mol. The average molecular weight is 396 g/mol. The molecule has 0 bridgehead atoms. The van der Waals surface area contributed by atoms with Crippen molar-refractivity contribution in [1.82, 2.24) is 0 Å². The lowest BCUT2D eigenvalue weighted by molar-refractivity contribution is 0.156. The minimum atomic E-state index is -1.70. The molecule has 5 nitrogen and oxygen atoms in total. The van der Waals surface area contributed by atoms with Gasteiger partial charge in [0, 0.05) is 31.2 Å². The number of rotatable bonds is 3. The first-order valence-electron chi connectivity index (χ1n) is 9.71. The third-order valence-corrected chi connectivity index (χ3v) is 5.55. The summed E-state index contributed by atoms with van der Waals surface area (Å²) in [5.41, 5.74) is 1.41. The zero-order chi connectivity index (χ0) is 20.9. The lowest BCUT2D eigenvalue weighted by atomic mass is 9.81. The summed E-state index contributed by atoms with van der Waals surface area (Å²) in [6.07, 6.45) is 0. The van der Waals surface area contributed by atoms with Gasteiger partial charge in [-0.3, -0.25) is 0 Å². The molecule has 0 saturated carbocycles. The minimum absolute atomic E-state index is 0.151. The van der Waals surface area contributed by atoms with Gasteiger partial charge in [0.25, 0.3) is 0 Å². The van der Waals surface area contributed by atoms with Crippen molar-refractivity contribution in [3.63, 3.8) is 0 Å². The monoisotopic (exact) mass is 396 g/mol. The summed E-state index contributed by atoms with van der Waals surface area (Å²) in [6.45, 7) is 0. The highest BCUT2D eigenvalue weighted by atomic mass is 16.4. The van der Waals surface area contributed by atoms with Crippen molar-refractivity contribution in [2.75, 3.05) is 19.0 Å². The lowest BCUT2D eigenvalue weighted by Crippen LogP contribution is -2.38. The number of hydrogen-bond donors (Lipinski definition) is 1. The van der Waals surface area contributed by atoms with Crippen LogP contribution in [0.3, 0.4) is 0 Å². The second kappa shape index (κ2) is 6.68. The van der Waals surface area contributed by atoms with Crippen LogP contribution in [0.2, 0.25) is 0 Å². The van der Waals surface area contributed by atoms with Crippen LogP contribution >= 0.6 is 0 Å². The number of anilines is 1. The van der Waals surface area contributed by atoms with E-state index in [2.05, 4.69) is 0 Å². The van der Waals surface area contributed by atoms with Crippen molar-refractivity contribution >= 4 is 28.1 Å². The van der Waals surface area contributed by atoms with Crippen LogP contribution < -0.4 is 10.5 Å². The molecule has 2 heterocycles. The first-order valence-corrected chi connectivity index (χ1v) is 9.71. The summed E-state index contributed by atoms with van der Waals surface area (Å²) in [7, 11) is 3.85. The van der Waals surface area contributed by atoms with Gasteiger partial charge in [-0.15, -0.1) is 0 Å². The maximum absolute atomic E-state index is 13.2. The highest BCUT2D eigenvalue weighted by molar-refractivity contribution is 6.16. The molecule has 5 heteroatoms. The number of benzene rings is 3. The summed E-state index contributed by atoms with van der Waals surface area (Å²) < 4.78 is 5.68. The molecule has 0 saturated heterocycles. The Morgan fingerprint density at radius 3 is 2.27 bits per heavy atom. The molecular weight excluding hydrogens is 376 g/mol. The van der Waals surface area contributed by atoms with Crippen molar-refractivity contribution < 1.29 is 9.52 Å². The van der Waals surface area contributed by atoms with Gasteiger partial charge in [0.15, 0.2) is 5.60 Å². The molecule has 0 unspecified atom stereocenters. The largest absolute Gasteiger partial charge is 0.422 e. The standard InChI is InChI=1S/C25H20N2O3/c1-27(2)18-13-14-19-20(15-18)30-24(28)21-22(19)26-23(16-9-5-3-6-10-16)25(21,29)17-11-7-4-8-12-17/h3-15,29H,1-2H3/t25-/m1/s1. The lowest BCUT2D eigenvalue weighted by Gasteiger charge is -2.26. The second-order valence-electron chi connectivity index (χ2n) is 7.59. The first-order chi connectivity index (χ1) is 14.5. The normalized spacial score (nSPS) is 17.6. The molecule has 0 aliphatic carbocycles. The molecule has 3 aromatic carbocycles. The molecule has 1 aliphatic heterocycles. The third kappa shape index (κ3) is 2.60. The van der Waals surface area contributed by atoms with Crippen molar-refractivity contribution in [1.29, 1.82) is 0 Å². The van der Waals surface area contributed by atoms with Crippen LogP contribution in [0.25, 0.3) is 11.0 Å². The third-order valence-electron chi connectivity index (χ3n) is 5.55. The zero-order valence-corrected chi connectivity index (χ0v) is 16.7. The molecule has 5 rings (SSSR count). The van der Waals surface area contributed by atoms with Crippen molar-refractivity contribution in [3.05, 3.63) is 106 Å². The highest BCUT2D eigenvalue weighted by Crippen LogP contribution is 2.46. The topological polar surface area (TPSA) is 66.0 Å². The Hall–Kier alpha value is -3.70. The fourth-order valence-electron chi connectivity index (χ4n) is 4.03. The van der Waals surface area contributed by atoms with Gasteiger partial charge in [0.1, 0.15) is 11.1 Å². The minimum Gasteiger partial charge on any atom is -0.422 e. The smallest absolute Gasteiger partial charge is 0.345 e. The van der Waals surface area contributed by atoms with Gasteiger partial charge in [0.05, 0.1) is 11.4 Å². The molecule has 1 aromatic heterocycles. The molecule has 0 fully saturated rings. The molecule has 148 valence electrons. The second-order valence-corrected chi connectivity index (χ2v) is 7.59. The van der Waals surface area contributed by atoms with Gasteiger partial charge in [-0.1, -0.05) is 60.7 Å². The van der Waals surface area contributed by atoms with Gasteiger partial charge in [-0.05, 0) is 23.3 Å². The Morgan fingerprint density at radius 2 is 1.60 bits per heavy atom. The molecule has 1 aliphatic rings. The van der Waals surface area contributed by atoms with E-state index < -0.39 is 11.2 Å². The highest BCUT2D eigenvalue weighted by Gasteiger charge is 2.47. The van der Waals surface area contributed by atoms with Crippen LogP contribution in [0.15, 0.2) is 93.1 Å². The summed E-state index contributed by atoms with van der Waals surface area (Å²) in [5, 5.41) is 12.7. The number of nitrogens with zero attached hydrogens (tertiary/aromatic N) is 2. The number of aliphatic hydroxyl groups is 1. The summed E-state index contributed by atoms with van der Waals surface area (Å²) >= 11 is 0. The zero-order valence-electron chi connectivity index (χ0n) is 16.7. The fourth-order valence-corrected chi connectivity index (χ4v) is 4.03. The Bertz CT molecular complexity index is 1340. The van der Waals surface area contributed by atoms with Crippen LogP contribution in [0.5, 0.6) is 0 Å². The van der Waals surface area contributed by atoms with E-state index in [1.54, 1.807) is 12.1 Å². The first kappa shape index (κ1) is 18.3. The van der Waals surface area contributed by atoms with Crippen molar-refractivity contribution in [2.24, 2.45) is 4.99 Å². The Kier molecular flexibility index (Phi) is 4.08. The van der Waals surface area contributed by atoms with Gasteiger partial charge in [-0.2, -0.15) is 0 Å². The molecule has 4 aromatic rings. The van der Waals surface area contributed by atoms with Crippen LogP contribution in [0.4, 0.5) is 11.4 Å². The molecular formula is C25H20N2O3. The van der Waals surface area contributed by atoms with Crippen LogP contribution in [-0.4, -0.2) is 24.9 Å². The SMILES string of the molecule is CN(C)c1ccc2c3c(c(=O)oc2c1)[C@](O)(c1ccccc1)C(c1ccccc1)=N3. The van der Waals surface area contributed by atoms with Gasteiger partial charge >= 0.3 is 5.63 Å². The summed E-state index contributed by atoms with van der Waals surface area (Å²) in [4.78, 5) is 19.9. The van der Waals surface area contributed by atoms with Crippen LogP contribution in [0.1, 0.15) is 16.7 Å². The average Bonchev–Trinajstić information content (AvgIpc) is 3.10. The van der Waals surface area contributed by atoms with E-state index >= 15 is 0 Å². The van der Waals surface area contributed by atoms with Gasteiger partial charge in [-0.25, -0.2) is 9.79 Å².